The van der Waals surface area contributed by atoms with E-state index in [9.17, 15) is 22.0 Å². The van der Waals surface area contributed by atoms with E-state index in [4.69, 9.17) is 0 Å². The highest BCUT2D eigenvalue weighted by Gasteiger charge is 2.24. The number of hydrogen-bond acceptors (Lipinski definition) is 4. The molecule has 0 saturated heterocycles. The summed E-state index contributed by atoms with van der Waals surface area (Å²) in [6.45, 7) is 1.33. The minimum Gasteiger partial charge on any atom is -0.319 e. The molecule has 2 aromatic heterocycles. The lowest BCUT2D eigenvalue weighted by Gasteiger charge is -2.08. The van der Waals surface area contributed by atoms with Gasteiger partial charge >= 0.3 is 0 Å². The maximum absolute atomic E-state index is 14.0. The number of nitrogens with one attached hydrogen (secondary N) is 1. The van der Waals surface area contributed by atoms with Crippen LogP contribution in [0.4, 0.5) is 14.5 Å². The van der Waals surface area contributed by atoms with Crippen LogP contribution in [-0.2, 0) is 10.0 Å². The highest BCUT2D eigenvalue weighted by molar-refractivity contribution is 7.90. The van der Waals surface area contributed by atoms with Crippen molar-refractivity contribution in [2.24, 2.45) is 0 Å². The van der Waals surface area contributed by atoms with Crippen molar-refractivity contribution in [1.29, 1.82) is 0 Å². The van der Waals surface area contributed by atoms with Gasteiger partial charge in [0.05, 0.1) is 5.69 Å². The zero-order valence-electron chi connectivity index (χ0n) is 13.5. The van der Waals surface area contributed by atoms with Gasteiger partial charge in [0.25, 0.3) is 15.9 Å². The number of aryl methyl sites for hydroxylation is 1. The van der Waals surface area contributed by atoms with Gasteiger partial charge in [-0.2, -0.15) is 0 Å². The van der Waals surface area contributed by atoms with E-state index in [1.54, 1.807) is 12.1 Å². The molecule has 9 heteroatoms. The molecule has 1 amide bonds. The first kappa shape index (κ1) is 17.7. The van der Waals surface area contributed by atoms with Gasteiger partial charge in [0.2, 0.25) is 0 Å². The second-order valence-electron chi connectivity index (χ2n) is 5.41. The largest absolute Gasteiger partial charge is 0.319 e. The average Bonchev–Trinajstić information content (AvgIpc) is 3.09. The highest BCUT2D eigenvalue weighted by atomic mass is 32.2. The Kier molecular flexibility index (Phi) is 4.56. The summed E-state index contributed by atoms with van der Waals surface area (Å²) < 4.78 is 53.5. The molecule has 0 fully saturated rings. The van der Waals surface area contributed by atoms with Gasteiger partial charge in [0.1, 0.15) is 10.6 Å². The van der Waals surface area contributed by atoms with E-state index in [2.05, 4.69) is 10.3 Å². The third-order valence-corrected chi connectivity index (χ3v) is 5.27. The lowest BCUT2D eigenvalue weighted by atomic mass is 10.2. The molecule has 0 bridgehead atoms. The number of anilines is 1. The Morgan fingerprint density at radius 2 is 1.88 bits per heavy atom. The summed E-state index contributed by atoms with van der Waals surface area (Å²) in [6, 6.07) is 8.27. The molecule has 0 radical (unpaired) electrons. The van der Waals surface area contributed by atoms with Crippen LogP contribution < -0.4 is 5.32 Å². The molecule has 0 atom stereocenters. The van der Waals surface area contributed by atoms with Crippen molar-refractivity contribution < 1.29 is 22.0 Å². The predicted octanol–water partition coefficient (Wildman–Crippen LogP) is 2.96. The fraction of sp³-hybridized carbons (Fsp3) is 0.0588. The number of amides is 1. The quantitative estimate of drug-likeness (QED) is 0.758. The lowest BCUT2D eigenvalue weighted by Crippen LogP contribution is -2.15. The van der Waals surface area contributed by atoms with Crippen LogP contribution in [0.15, 0.2) is 59.9 Å². The van der Waals surface area contributed by atoms with Crippen molar-refractivity contribution >= 4 is 21.6 Å². The van der Waals surface area contributed by atoms with Crippen molar-refractivity contribution in [1.82, 2.24) is 8.96 Å². The molecular formula is C17H13F2N3O3S. The third kappa shape index (κ3) is 3.21. The Morgan fingerprint density at radius 1 is 1.12 bits per heavy atom. The summed E-state index contributed by atoms with van der Waals surface area (Å²) in [4.78, 5) is 15.1. The van der Waals surface area contributed by atoms with E-state index in [1.807, 2.05) is 0 Å². The van der Waals surface area contributed by atoms with Crippen molar-refractivity contribution in [2.75, 3.05) is 5.32 Å². The zero-order valence-corrected chi connectivity index (χ0v) is 14.3. The van der Waals surface area contributed by atoms with Gasteiger partial charge in [-0.3, -0.25) is 9.78 Å². The van der Waals surface area contributed by atoms with Crippen molar-refractivity contribution in [3.8, 4) is 0 Å². The van der Waals surface area contributed by atoms with Gasteiger partial charge in [-0.05, 0) is 36.8 Å². The van der Waals surface area contributed by atoms with Crippen LogP contribution in [0.3, 0.4) is 0 Å². The first-order chi connectivity index (χ1) is 12.3. The number of carbonyl (C=O) groups is 1. The smallest absolute Gasteiger partial charge is 0.274 e. The Bertz CT molecular complexity index is 1080. The molecule has 0 spiro atoms. The molecule has 2 heterocycles. The standard InChI is InChI=1S/C17H13F2N3O3S/c1-11-5-6-14(16(19)15(11)18)26(24,25)22-9-7-12(10-22)21-17(23)13-4-2-3-8-20-13/h2-10H,1H3,(H,21,23). The van der Waals surface area contributed by atoms with Gasteiger partial charge in [0, 0.05) is 18.6 Å². The molecule has 3 rings (SSSR count). The molecule has 1 aromatic carbocycles. The Balaban J connectivity index is 1.90. The number of rotatable bonds is 4. The molecule has 0 unspecified atom stereocenters. The van der Waals surface area contributed by atoms with Crippen LogP contribution in [0.5, 0.6) is 0 Å². The SMILES string of the molecule is Cc1ccc(S(=O)(=O)n2ccc(NC(=O)c3ccccn3)c2)c(F)c1F. The monoisotopic (exact) mass is 377 g/mol. The van der Waals surface area contributed by atoms with Crippen LogP contribution in [0.1, 0.15) is 16.1 Å². The fourth-order valence-corrected chi connectivity index (χ4v) is 3.49. The van der Waals surface area contributed by atoms with Gasteiger partial charge in [0.15, 0.2) is 11.6 Å². The van der Waals surface area contributed by atoms with E-state index in [0.717, 1.165) is 18.5 Å². The van der Waals surface area contributed by atoms with E-state index < -0.39 is 32.5 Å². The molecule has 0 aliphatic rings. The third-order valence-electron chi connectivity index (χ3n) is 3.62. The number of carbonyl (C=O) groups excluding carboxylic acids is 1. The average molecular weight is 377 g/mol. The van der Waals surface area contributed by atoms with Crippen LogP contribution in [0.25, 0.3) is 0 Å². The Labute approximate surface area is 148 Å². The molecule has 6 nitrogen and oxygen atoms in total. The summed E-state index contributed by atoms with van der Waals surface area (Å²) in [5.41, 5.74) is 0.309. The molecule has 134 valence electrons. The van der Waals surface area contributed by atoms with E-state index in [-0.39, 0.29) is 16.9 Å². The van der Waals surface area contributed by atoms with Crippen molar-refractivity contribution in [3.63, 3.8) is 0 Å². The predicted molar refractivity (Wildman–Crippen MR) is 90.3 cm³/mol. The van der Waals surface area contributed by atoms with Crippen molar-refractivity contribution in [2.45, 2.75) is 11.8 Å². The number of aromatic nitrogens is 2. The van der Waals surface area contributed by atoms with Crippen LogP contribution in [0.2, 0.25) is 0 Å². The summed E-state index contributed by atoms with van der Waals surface area (Å²) in [7, 11) is -4.35. The number of halogens is 2. The first-order valence-corrected chi connectivity index (χ1v) is 8.85. The molecule has 1 N–H and O–H groups in total. The highest BCUT2D eigenvalue weighted by Crippen LogP contribution is 2.23. The first-order valence-electron chi connectivity index (χ1n) is 7.41. The van der Waals surface area contributed by atoms with E-state index >= 15 is 0 Å². The second kappa shape index (κ2) is 6.68. The van der Waals surface area contributed by atoms with E-state index in [1.165, 1.54) is 31.3 Å². The summed E-state index contributed by atoms with van der Waals surface area (Å²) in [6.07, 6.45) is 3.66. The minimum absolute atomic E-state index is 0.00253. The second-order valence-corrected chi connectivity index (χ2v) is 7.22. The number of nitrogens with zero attached hydrogens (tertiary/aromatic N) is 2. The molecule has 26 heavy (non-hydrogen) atoms. The topological polar surface area (TPSA) is 81.1 Å². The summed E-state index contributed by atoms with van der Waals surface area (Å²) in [5.74, 6) is -3.20. The lowest BCUT2D eigenvalue weighted by molar-refractivity contribution is 0.102. The van der Waals surface area contributed by atoms with Crippen LogP contribution in [-0.4, -0.2) is 23.3 Å². The molecule has 0 aliphatic carbocycles. The fourth-order valence-electron chi connectivity index (χ4n) is 2.23. The van der Waals surface area contributed by atoms with Gasteiger partial charge in [-0.1, -0.05) is 12.1 Å². The minimum atomic E-state index is -4.35. The maximum Gasteiger partial charge on any atom is 0.274 e. The molecule has 0 aliphatic heterocycles. The normalized spacial score (nSPS) is 11.3. The van der Waals surface area contributed by atoms with Crippen molar-refractivity contribution in [3.05, 3.63) is 77.9 Å². The summed E-state index contributed by atoms with van der Waals surface area (Å²) in [5, 5.41) is 2.48. The van der Waals surface area contributed by atoms with Crippen LogP contribution in [0, 0.1) is 18.6 Å². The molecule has 0 saturated carbocycles. The van der Waals surface area contributed by atoms with Gasteiger partial charge < -0.3 is 5.32 Å². The zero-order chi connectivity index (χ0) is 18.9. The number of pyridine rings is 1. The Morgan fingerprint density at radius 3 is 2.58 bits per heavy atom. The Hall–Kier alpha value is -3.07. The maximum atomic E-state index is 14.0. The molecular weight excluding hydrogens is 364 g/mol. The number of hydrogen-bond donors (Lipinski definition) is 1. The van der Waals surface area contributed by atoms with Gasteiger partial charge in [-0.25, -0.2) is 21.2 Å². The molecule has 3 aromatic rings. The van der Waals surface area contributed by atoms with Gasteiger partial charge in [-0.15, -0.1) is 0 Å². The number of benzene rings is 1. The van der Waals surface area contributed by atoms with E-state index in [0.29, 0.717) is 3.97 Å². The summed E-state index contributed by atoms with van der Waals surface area (Å²) >= 11 is 0. The van der Waals surface area contributed by atoms with Crippen LogP contribution >= 0.6 is 0 Å².